The van der Waals surface area contributed by atoms with Crippen molar-refractivity contribution >= 4 is 21.8 Å². The van der Waals surface area contributed by atoms with E-state index in [-0.39, 0.29) is 0 Å². The first-order valence-electron chi connectivity index (χ1n) is 15.6. The van der Waals surface area contributed by atoms with Gasteiger partial charge in [-0.15, -0.1) is 0 Å². The summed E-state index contributed by atoms with van der Waals surface area (Å²) in [4.78, 5) is 0. The molecule has 1 heteroatoms. The van der Waals surface area contributed by atoms with Crippen LogP contribution >= 0.6 is 0 Å². The van der Waals surface area contributed by atoms with E-state index in [2.05, 4.69) is 147 Å². The van der Waals surface area contributed by atoms with Crippen LogP contribution in [0.1, 0.15) is 41.7 Å². The molecule has 1 nitrogen and oxygen atoms in total. The lowest BCUT2D eigenvalue weighted by molar-refractivity contribution is 1.10. The first kappa shape index (κ1) is 25.8. The van der Waals surface area contributed by atoms with Crippen molar-refractivity contribution in [3.63, 3.8) is 0 Å². The van der Waals surface area contributed by atoms with E-state index in [1.165, 1.54) is 88.7 Å². The second-order valence-corrected chi connectivity index (χ2v) is 12.1. The number of aryl methyl sites for hydroxylation is 3. The van der Waals surface area contributed by atoms with Gasteiger partial charge < -0.3 is 4.57 Å². The predicted molar refractivity (Wildman–Crippen MR) is 183 cm³/mol. The third-order valence-corrected chi connectivity index (χ3v) is 9.31. The van der Waals surface area contributed by atoms with Crippen molar-refractivity contribution in [1.82, 2.24) is 4.57 Å². The third-order valence-electron chi connectivity index (χ3n) is 9.31. The standard InChI is InChI=1S/C42H35N/c1-4-28-17-27(3)18-36(21-28)43-41-14-10-9-13-37(41)40-25-35-22-32-16-15-31(24-38(32)39(35)26-42(40)43)34-20-29(5-2)19-33(23-34)30-11-7-6-8-12-30/h6-21,23-26H,4-5,22H2,1-3H3. The van der Waals surface area contributed by atoms with E-state index in [9.17, 15) is 0 Å². The molecule has 0 atom stereocenters. The Kier molecular flexibility index (Phi) is 6.08. The maximum Gasteiger partial charge on any atom is 0.0547 e. The van der Waals surface area contributed by atoms with Gasteiger partial charge in [-0.25, -0.2) is 0 Å². The van der Waals surface area contributed by atoms with Gasteiger partial charge in [0.05, 0.1) is 11.0 Å². The molecule has 0 amide bonds. The van der Waals surface area contributed by atoms with E-state index in [0.29, 0.717) is 0 Å². The van der Waals surface area contributed by atoms with E-state index >= 15 is 0 Å². The van der Waals surface area contributed by atoms with Gasteiger partial charge in [-0.2, -0.15) is 0 Å². The molecule has 0 radical (unpaired) electrons. The Labute approximate surface area is 254 Å². The first-order chi connectivity index (χ1) is 21.1. The molecule has 0 bridgehead atoms. The molecule has 8 rings (SSSR count). The van der Waals surface area contributed by atoms with Crippen LogP contribution in [0.4, 0.5) is 0 Å². The molecule has 1 aliphatic rings. The fourth-order valence-corrected chi connectivity index (χ4v) is 7.14. The Morgan fingerprint density at radius 2 is 1.23 bits per heavy atom. The number of nitrogens with zero attached hydrogens (tertiary/aromatic N) is 1. The van der Waals surface area contributed by atoms with Gasteiger partial charge in [0.1, 0.15) is 0 Å². The van der Waals surface area contributed by atoms with Gasteiger partial charge in [-0.05, 0) is 130 Å². The molecule has 208 valence electrons. The van der Waals surface area contributed by atoms with Crippen molar-refractivity contribution in [1.29, 1.82) is 0 Å². The molecule has 0 fully saturated rings. The minimum Gasteiger partial charge on any atom is -0.309 e. The van der Waals surface area contributed by atoms with Crippen LogP contribution in [0, 0.1) is 6.92 Å². The molecule has 1 heterocycles. The highest BCUT2D eigenvalue weighted by Gasteiger charge is 2.23. The van der Waals surface area contributed by atoms with Gasteiger partial charge >= 0.3 is 0 Å². The monoisotopic (exact) mass is 553 g/mol. The molecule has 1 aliphatic carbocycles. The summed E-state index contributed by atoms with van der Waals surface area (Å²) in [7, 11) is 0. The molecular weight excluding hydrogens is 518 g/mol. The zero-order chi connectivity index (χ0) is 29.1. The summed E-state index contributed by atoms with van der Waals surface area (Å²) >= 11 is 0. The lowest BCUT2D eigenvalue weighted by atomic mass is 9.93. The van der Waals surface area contributed by atoms with Crippen molar-refractivity contribution in [2.75, 3.05) is 0 Å². The fraction of sp³-hybridized carbons (Fsp3) is 0.143. The molecular formula is C42H35N. The van der Waals surface area contributed by atoms with E-state index < -0.39 is 0 Å². The van der Waals surface area contributed by atoms with Crippen molar-refractivity contribution in [2.45, 2.75) is 40.0 Å². The van der Waals surface area contributed by atoms with Crippen molar-refractivity contribution in [3.05, 3.63) is 149 Å². The fourth-order valence-electron chi connectivity index (χ4n) is 7.14. The second kappa shape index (κ2) is 10.1. The summed E-state index contributed by atoms with van der Waals surface area (Å²) in [6.07, 6.45) is 3.03. The Bertz CT molecular complexity index is 2180. The number of benzene rings is 6. The Hall–Kier alpha value is -4.88. The quantitative estimate of drug-likeness (QED) is 0.200. The molecule has 6 aromatic carbocycles. The van der Waals surface area contributed by atoms with Crippen LogP contribution in [0.25, 0.3) is 60.9 Å². The van der Waals surface area contributed by atoms with Crippen molar-refractivity contribution in [2.24, 2.45) is 0 Å². The highest BCUT2D eigenvalue weighted by molar-refractivity contribution is 6.11. The van der Waals surface area contributed by atoms with E-state index in [1.807, 2.05) is 0 Å². The molecule has 7 aromatic rings. The number of para-hydroxylation sites is 1. The highest BCUT2D eigenvalue weighted by atomic mass is 15.0. The van der Waals surface area contributed by atoms with Crippen molar-refractivity contribution in [3.8, 4) is 39.1 Å². The summed E-state index contributed by atoms with van der Waals surface area (Å²) in [5.41, 5.74) is 18.6. The number of fused-ring (bicyclic) bond motifs is 6. The largest absolute Gasteiger partial charge is 0.309 e. The summed E-state index contributed by atoms with van der Waals surface area (Å²) in [6.45, 7) is 6.70. The summed E-state index contributed by atoms with van der Waals surface area (Å²) < 4.78 is 2.48. The van der Waals surface area contributed by atoms with Crippen LogP contribution < -0.4 is 0 Å². The van der Waals surface area contributed by atoms with Crippen LogP contribution in [0.15, 0.2) is 121 Å². The SMILES string of the molecule is CCc1cc(-c2ccccc2)cc(-c2ccc3c(c2)-c2cc4c(cc2C3)c2ccccc2n4-c2cc(C)cc(CC)c2)c1. The topological polar surface area (TPSA) is 4.93 Å². The van der Waals surface area contributed by atoms with Crippen LogP contribution in [0.2, 0.25) is 0 Å². The molecule has 1 aromatic heterocycles. The predicted octanol–water partition coefficient (Wildman–Crippen LogP) is 11.1. The molecule has 0 unspecified atom stereocenters. The number of rotatable bonds is 5. The summed E-state index contributed by atoms with van der Waals surface area (Å²) in [6, 6.07) is 45.7. The van der Waals surface area contributed by atoms with E-state index in [0.717, 1.165) is 19.3 Å². The van der Waals surface area contributed by atoms with Crippen LogP contribution in [0.5, 0.6) is 0 Å². The van der Waals surface area contributed by atoms with Gasteiger partial charge in [-0.1, -0.05) is 92.7 Å². The smallest absolute Gasteiger partial charge is 0.0547 e. The molecule has 0 saturated carbocycles. The number of hydrogen-bond acceptors (Lipinski definition) is 0. The molecule has 0 N–H and O–H groups in total. The van der Waals surface area contributed by atoms with Gasteiger partial charge in [0, 0.05) is 16.5 Å². The van der Waals surface area contributed by atoms with Crippen LogP contribution in [-0.4, -0.2) is 4.57 Å². The van der Waals surface area contributed by atoms with Gasteiger partial charge in [0.2, 0.25) is 0 Å². The minimum atomic E-state index is 0.981. The third kappa shape index (κ3) is 4.31. The second-order valence-electron chi connectivity index (χ2n) is 12.1. The normalized spacial score (nSPS) is 12.2. The zero-order valence-electron chi connectivity index (χ0n) is 25.1. The van der Waals surface area contributed by atoms with Gasteiger partial charge in [0.25, 0.3) is 0 Å². The average Bonchev–Trinajstić information content (AvgIpc) is 3.57. The maximum absolute atomic E-state index is 2.48. The van der Waals surface area contributed by atoms with E-state index in [4.69, 9.17) is 0 Å². The van der Waals surface area contributed by atoms with Crippen molar-refractivity contribution < 1.29 is 0 Å². The molecule has 0 aliphatic heterocycles. The van der Waals surface area contributed by atoms with Crippen LogP contribution in [0.3, 0.4) is 0 Å². The lowest BCUT2D eigenvalue weighted by Gasteiger charge is -2.13. The van der Waals surface area contributed by atoms with Crippen LogP contribution in [-0.2, 0) is 19.3 Å². The highest BCUT2D eigenvalue weighted by Crippen LogP contribution is 2.44. The Morgan fingerprint density at radius 3 is 2.05 bits per heavy atom. The minimum absolute atomic E-state index is 0.981. The lowest BCUT2D eigenvalue weighted by Crippen LogP contribution is -1.97. The summed E-state index contributed by atoms with van der Waals surface area (Å²) in [5.74, 6) is 0. The van der Waals surface area contributed by atoms with Gasteiger partial charge in [0.15, 0.2) is 0 Å². The Morgan fingerprint density at radius 1 is 0.512 bits per heavy atom. The van der Waals surface area contributed by atoms with E-state index in [1.54, 1.807) is 0 Å². The Balaban J connectivity index is 1.32. The first-order valence-corrected chi connectivity index (χ1v) is 15.6. The maximum atomic E-state index is 2.48. The molecule has 0 saturated heterocycles. The molecule has 43 heavy (non-hydrogen) atoms. The summed E-state index contributed by atoms with van der Waals surface area (Å²) in [5, 5.41) is 2.66. The number of hydrogen-bond donors (Lipinski definition) is 0. The number of aromatic nitrogens is 1. The average molecular weight is 554 g/mol. The molecule has 0 spiro atoms. The van der Waals surface area contributed by atoms with Gasteiger partial charge in [-0.3, -0.25) is 0 Å². The zero-order valence-corrected chi connectivity index (χ0v) is 25.1.